The molecule has 0 fully saturated rings. The van der Waals surface area contributed by atoms with Crippen LogP contribution in [0, 0.1) is 0 Å². The Balaban J connectivity index is 3.02. The molecule has 0 N–H and O–H groups in total. The smallest absolute Gasteiger partial charge is 0.0553 e. The maximum atomic E-state index is 5.81. The zero-order chi connectivity index (χ0) is 7.56. The highest BCUT2D eigenvalue weighted by Crippen LogP contribution is 2.24. The minimum Gasteiger partial charge on any atom is -0.0917 e. The van der Waals surface area contributed by atoms with Crippen molar-refractivity contribution in [1.82, 2.24) is 0 Å². The lowest BCUT2D eigenvalue weighted by Crippen LogP contribution is -1.69. The summed E-state index contributed by atoms with van der Waals surface area (Å²) < 4.78 is 0.893. The van der Waals surface area contributed by atoms with Crippen molar-refractivity contribution < 1.29 is 0 Å². The van der Waals surface area contributed by atoms with E-state index in [1.807, 2.05) is 24.3 Å². The van der Waals surface area contributed by atoms with Gasteiger partial charge in [0.1, 0.15) is 0 Å². The van der Waals surface area contributed by atoms with Gasteiger partial charge in [-0.2, -0.15) is 0 Å². The Morgan fingerprint density at radius 3 is 2.90 bits per heavy atom. The van der Waals surface area contributed by atoms with Crippen LogP contribution in [-0.4, -0.2) is 0 Å². The molecule has 52 valence electrons. The van der Waals surface area contributed by atoms with Crippen molar-refractivity contribution in [1.29, 1.82) is 0 Å². The van der Waals surface area contributed by atoms with Crippen molar-refractivity contribution in [2.24, 2.45) is 0 Å². The van der Waals surface area contributed by atoms with Crippen molar-refractivity contribution in [3.8, 4) is 0 Å². The van der Waals surface area contributed by atoms with Crippen molar-refractivity contribution >= 4 is 27.5 Å². The molecule has 0 unspecified atom stereocenters. The topological polar surface area (TPSA) is 0 Å². The molecule has 0 aromatic heterocycles. The van der Waals surface area contributed by atoms with Gasteiger partial charge in [-0.3, -0.25) is 0 Å². The first-order chi connectivity index (χ1) is 4.70. The Kier molecular flexibility index (Phi) is 2.52. The lowest BCUT2D eigenvalue weighted by molar-refractivity contribution is 1.74. The number of halogens is 2. The van der Waals surface area contributed by atoms with Crippen LogP contribution in [-0.2, 0) is 0 Å². The Bertz CT molecular complexity index is 246. The molecule has 1 aliphatic rings. The average molecular weight is 217 g/mol. The summed E-state index contributed by atoms with van der Waals surface area (Å²) >= 11 is 9.11. The van der Waals surface area contributed by atoms with E-state index in [0.29, 0.717) is 5.03 Å². The van der Waals surface area contributed by atoms with Gasteiger partial charge in [0.2, 0.25) is 0 Å². The molecule has 0 aromatic carbocycles. The molecule has 10 heavy (non-hydrogen) atoms. The third-order valence-corrected chi connectivity index (χ3v) is 2.33. The quantitative estimate of drug-likeness (QED) is 0.582. The van der Waals surface area contributed by atoms with E-state index in [9.17, 15) is 0 Å². The molecular formula is C8H6BrCl. The van der Waals surface area contributed by atoms with Crippen LogP contribution in [0.4, 0.5) is 0 Å². The first kappa shape index (κ1) is 7.83. The normalized spacial score (nSPS) is 18.0. The second-order valence-corrected chi connectivity index (χ2v) is 3.20. The summed E-state index contributed by atoms with van der Waals surface area (Å²) in [4.78, 5) is 0. The summed E-state index contributed by atoms with van der Waals surface area (Å²) in [5.41, 5.74) is 0.913. The first-order valence-corrected chi connectivity index (χ1v) is 3.97. The number of allylic oxidation sites excluding steroid dienone is 7. The molecule has 0 spiro atoms. The van der Waals surface area contributed by atoms with Gasteiger partial charge in [-0.1, -0.05) is 30.3 Å². The lowest BCUT2D eigenvalue weighted by Gasteiger charge is -1.91. The Morgan fingerprint density at radius 1 is 1.50 bits per heavy atom. The SMILES string of the molecule is C=C1C=CC=C(Br)C(Cl)=C1. The third-order valence-electron chi connectivity index (χ3n) is 1.09. The van der Waals surface area contributed by atoms with E-state index in [0.717, 1.165) is 10.1 Å². The highest BCUT2D eigenvalue weighted by atomic mass is 79.9. The molecule has 0 aromatic rings. The molecule has 0 amide bonds. The van der Waals surface area contributed by atoms with Gasteiger partial charge in [-0.15, -0.1) is 0 Å². The van der Waals surface area contributed by atoms with E-state index >= 15 is 0 Å². The molecule has 1 aliphatic carbocycles. The molecule has 0 nitrogen and oxygen atoms in total. The zero-order valence-corrected chi connectivity index (χ0v) is 7.61. The van der Waals surface area contributed by atoms with Gasteiger partial charge in [-0.25, -0.2) is 0 Å². The van der Waals surface area contributed by atoms with Crippen LogP contribution in [0.5, 0.6) is 0 Å². The summed E-state index contributed by atoms with van der Waals surface area (Å²) in [5.74, 6) is 0. The second kappa shape index (κ2) is 3.22. The lowest BCUT2D eigenvalue weighted by atomic mass is 10.3. The van der Waals surface area contributed by atoms with Crippen LogP contribution in [0.2, 0.25) is 0 Å². The van der Waals surface area contributed by atoms with Crippen LogP contribution < -0.4 is 0 Å². The van der Waals surface area contributed by atoms with Gasteiger partial charge >= 0.3 is 0 Å². The largest absolute Gasteiger partial charge is 0.0917 e. The number of hydrogen-bond donors (Lipinski definition) is 0. The summed E-state index contributed by atoms with van der Waals surface area (Å²) in [6.07, 6.45) is 7.50. The number of hydrogen-bond acceptors (Lipinski definition) is 0. The van der Waals surface area contributed by atoms with Crippen LogP contribution in [0.25, 0.3) is 0 Å². The molecule has 0 aliphatic heterocycles. The summed E-state index contributed by atoms with van der Waals surface area (Å²) in [5, 5.41) is 0.690. The molecule has 0 radical (unpaired) electrons. The van der Waals surface area contributed by atoms with Gasteiger partial charge in [-0.05, 0) is 33.7 Å². The van der Waals surface area contributed by atoms with E-state index in [-0.39, 0.29) is 0 Å². The molecule has 0 saturated heterocycles. The van der Waals surface area contributed by atoms with Gasteiger partial charge in [0, 0.05) is 4.48 Å². The standard InChI is InChI=1S/C8H6BrCl/c1-6-3-2-4-7(9)8(10)5-6/h2-5H,1H2. The molecule has 0 saturated carbocycles. The maximum Gasteiger partial charge on any atom is 0.0553 e. The number of rotatable bonds is 0. The highest BCUT2D eigenvalue weighted by Gasteiger charge is 1.98. The van der Waals surface area contributed by atoms with Crippen molar-refractivity contribution in [3.05, 3.63) is 46.0 Å². The average Bonchev–Trinajstić information content (AvgIpc) is 1.96. The van der Waals surface area contributed by atoms with Gasteiger partial charge in [0.25, 0.3) is 0 Å². The van der Waals surface area contributed by atoms with E-state index in [1.54, 1.807) is 0 Å². The molecule has 0 atom stereocenters. The summed E-state index contributed by atoms with van der Waals surface area (Å²) in [7, 11) is 0. The fourth-order valence-corrected chi connectivity index (χ4v) is 1.09. The summed E-state index contributed by atoms with van der Waals surface area (Å²) in [6.45, 7) is 3.76. The highest BCUT2D eigenvalue weighted by molar-refractivity contribution is 9.12. The van der Waals surface area contributed by atoms with E-state index in [2.05, 4.69) is 22.5 Å². The zero-order valence-electron chi connectivity index (χ0n) is 5.27. The van der Waals surface area contributed by atoms with Crippen molar-refractivity contribution in [2.75, 3.05) is 0 Å². The summed E-state index contributed by atoms with van der Waals surface area (Å²) in [6, 6.07) is 0. The van der Waals surface area contributed by atoms with E-state index in [1.165, 1.54) is 0 Å². The van der Waals surface area contributed by atoms with Gasteiger partial charge in [0.15, 0.2) is 0 Å². The van der Waals surface area contributed by atoms with Crippen LogP contribution in [0.1, 0.15) is 0 Å². The fraction of sp³-hybridized carbons (Fsp3) is 0. The minimum absolute atomic E-state index is 0.690. The Hall–Kier alpha value is -0.270. The monoisotopic (exact) mass is 216 g/mol. The second-order valence-electron chi connectivity index (χ2n) is 1.94. The first-order valence-electron chi connectivity index (χ1n) is 2.80. The van der Waals surface area contributed by atoms with E-state index in [4.69, 9.17) is 11.6 Å². The fourth-order valence-electron chi connectivity index (χ4n) is 0.616. The van der Waals surface area contributed by atoms with Gasteiger partial charge in [0.05, 0.1) is 5.03 Å². The molecular weight excluding hydrogens is 211 g/mol. The van der Waals surface area contributed by atoms with E-state index < -0.39 is 0 Å². The minimum atomic E-state index is 0.690. The predicted octanol–water partition coefficient (Wildman–Crippen LogP) is 3.51. The Morgan fingerprint density at radius 2 is 2.20 bits per heavy atom. The molecule has 0 heterocycles. The molecule has 1 rings (SSSR count). The maximum absolute atomic E-state index is 5.81. The molecule has 0 bridgehead atoms. The molecule has 2 heteroatoms. The van der Waals surface area contributed by atoms with Crippen molar-refractivity contribution in [2.45, 2.75) is 0 Å². The Labute approximate surface area is 73.7 Å². The van der Waals surface area contributed by atoms with Gasteiger partial charge < -0.3 is 0 Å². The third kappa shape index (κ3) is 1.86. The van der Waals surface area contributed by atoms with Crippen LogP contribution in [0.3, 0.4) is 0 Å². The van der Waals surface area contributed by atoms with Crippen molar-refractivity contribution in [3.63, 3.8) is 0 Å². The predicted molar refractivity (Wildman–Crippen MR) is 49.2 cm³/mol. The van der Waals surface area contributed by atoms with Crippen LogP contribution in [0.15, 0.2) is 46.0 Å². The van der Waals surface area contributed by atoms with Crippen LogP contribution >= 0.6 is 27.5 Å².